The third-order valence-corrected chi connectivity index (χ3v) is 4.64. The first-order valence-electron chi connectivity index (χ1n) is 10.9. The van der Waals surface area contributed by atoms with Crippen molar-refractivity contribution in [2.45, 2.75) is 46.6 Å². The first kappa shape index (κ1) is 25.2. The lowest BCUT2D eigenvalue weighted by Crippen LogP contribution is -2.25. The van der Waals surface area contributed by atoms with E-state index in [9.17, 15) is 9.90 Å². The van der Waals surface area contributed by atoms with E-state index in [1.807, 2.05) is 50.2 Å². The molecule has 0 heterocycles. The van der Waals surface area contributed by atoms with Crippen molar-refractivity contribution >= 4 is 5.97 Å². The summed E-state index contributed by atoms with van der Waals surface area (Å²) in [5.41, 5.74) is 3.31. The average molecular weight is 435 g/mol. The zero-order valence-electron chi connectivity index (χ0n) is 19.9. The molecular formula is C28H34O4. The monoisotopic (exact) mass is 434 g/mol. The smallest absolute Gasteiger partial charge is 0.343 e. The van der Waals surface area contributed by atoms with Crippen LogP contribution >= 0.6 is 0 Å². The molecule has 0 saturated heterocycles. The zero-order valence-corrected chi connectivity index (χ0v) is 19.9. The number of phenols is 1. The second-order valence-corrected chi connectivity index (χ2v) is 9.03. The van der Waals surface area contributed by atoms with Gasteiger partial charge in [0.1, 0.15) is 11.5 Å². The quantitative estimate of drug-likeness (QED) is 0.338. The molecule has 32 heavy (non-hydrogen) atoms. The highest BCUT2D eigenvalue weighted by Crippen LogP contribution is 2.25. The van der Waals surface area contributed by atoms with Crippen LogP contribution in [-0.4, -0.2) is 23.8 Å². The van der Waals surface area contributed by atoms with Crippen LogP contribution in [0.2, 0.25) is 0 Å². The van der Waals surface area contributed by atoms with Crippen LogP contribution in [0.15, 0.2) is 72.8 Å². The van der Waals surface area contributed by atoms with Crippen LogP contribution in [0.4, 0.5) is 0 Å². The third-order valence-electron chi connectivity index (χ3n) is 4.64. The zero-order chi connectivity index (χ0) is 23.7. The summed E-state index contributed by atoms with van der Waals surface area (Å²) >= 11 is 0. The first-order valence-corrected chi connectivity index (χ1v) is 10.9. The summed E-state index contributed by atoms with van der Waals surface area (Å²) < 4.78 is 10.9. The summed E-state index contributed by atoms with van der Waals surface area (Å²) in [6.07, 6.45) is 0.761. The highest BCUT2D eigenvalue weighted by Gasteiger charge is 2.17. The summed E-state index contributed by atoms with van der Waals surface area (Å²) in [7, 11) is 1.69. The van der Waals surface area contributed by atoms with Gasteiger partial charge in [0.2, 0.25) is 0 Å². The maximum atomic E-state index is 12.4. The van der Waals surface area contributed by atoms with Crippen molar-refractivity contribution in [1.29, 1.82) is 0 Å². The van der Waals surface area contributed by atoms with Crippen molar-refractivity contribution < 1.29 is 19.4 Å². The van der Waals surface area contributed by atoms with Gasteiger partial charge in [-0.25, -0.2) is 4.79 Å². The number of carbonyl (C=O) groups excluding carboxylic acids is 1. The van der Waals surface area contributed by atoms with Crippen molar-refractivity contribution in [2.24, 2.45) is 5.92 Å². The number of phenolic OH excluding ortho intramolecular Hbond substituents is 1. The van der Waals surface area contributed by atoms with Gasteiger partial charge in [0.25, 0.3) is 0 Å². The van der Waals surface area contributed by atoms with Gasteiger partial charge >= 0.3 is 5.97 Å². The Morgan fingerprint density at radius 2 is 1.31 bits per heavy atom. The van der Waals surface area contributed by atoms with Crippen LogP contribution in [0.1, 0.15) is 50.5 Å². The Hall–Kier alpha value is -3.11. The maximum Gasteiger partial charge on any atom is 0.343 e. The number of rotatable bonds is 6. The molecule has 0 spiro atoms. The van der Waals surface area contributed by atoms with Crippen LogP contribution in [0, 0.1) is 5.92 Å². The van der Waals surface area contributed by atoms with Crippen molar-refractivity contribution in [3.8, 4) is 22.6 Å². The Balaban J connectivity index is 0.000000837. The maximum absolute atomic E-state index is 12.4. The van der Waals surface area contributed by atoms with E-state index in [1.54, 1.807) is 43.5 Å². The molecule has 0 aliphatic carbocycles. The molecule has 0 amide bonds. The van der Waals surface area contributed by atoms with E-state index < -0.39 is 5.97 Å². The molecule has 0 radical (unpaired) electrons. The number of ether oxygens (including phenoxy) is 2. The van der Waals surface area contributed by atoms with E-state index in [-0.39, 0.29) is 11.4 Å². The van der Waals surface area contributed by atoms with E-state index in [4.69, 9.17) is 9.47 Å². The first-order chi connectivity index (χ1) is 15.1. The van der Waals surface area contributed by atoms with Gasteiger partial charge in [0.05, 0.1) is 11.2 Å². The third kappa shape index (κ3) is 8.20. The molecule has 4 heteroatoms. The molecule has 0 aliphatic rings. The lowest BCUT2D eigenvalue weighted by atomic mass is 9.97. The van der Waals surface area contributed by atoms with Gasteiger partial charge < -0.3 is 14.6 Å². The van der Waals surface area contributed by atoms with E-state index in [0.717, 1.165) is 29.0 Å². The Labute approximate surface area is 191 Å². The molecule has 0 aromatic heterocycles. The van der Waals surface area contributed by atoms with Gasteiger partial charge in [-0.3, -0.25) is 0 Å². The van der Waals surface area contributed by atoms with Gasteiger partial charge in [0, 0.05) is 13.5 Å². The predicted molar refractivity (Wildman–Crippen MR) is 130 cm³/mol. The molecule has 4 nitrogen and oxygen atoms in total. The van der Waals surface area contributed by atoms with Gasteiger partial charge in [0.15, 0.2) is 0 Å². The van der Waals surface area contributed by atoms with Crippen molar-refractivity contribution in [2.75, 3.05) is 7.11 Å². The minimum Gasteiger partial charge on any atom is -0.508 e. The standard InChI is InChI=1S/C24H24O4.C4H10/c1-24(2,27-3)16-17-4-6-20(7-5-17)23(26)28-22-14-10-19(11-15-22)18-8-12-21(25)13-9-18;1-4(2)3/h4-15,25H,16H2,1-3H3;4H,1-3H3. The number of hydrogen-bond donors (Lipinski definition) is 1. The fraction of sp³-hybridized carbons (Fsp3) is 0.321. The van der Waals surface area contributed by atoms with Gasteiger partial charge in [-0.05, 0) is 72.9 Å². The molecule has 3 rings (SSSR count). The van der Waals surface area contributed by atoms with Crippen molar-refractivity contribution in [1.82, 2.24) is 0 Å². The van der Waals surface area contributed by atoms with Crippen LogP contribution in [-0.2, 0) is 11.2 Å². The Morgan fingerprint density at radius 3 is 1.78 bits per heavy atom. The molecule has 1 N–H and O–H groups in total. The lowest BCUT2D eigenvalue weighted by molar-refractivity contribution is 0.0232. The van der Waals surface area contributed by atoms with Gasteiger partial charge in [-0.1, -0.05) is 57.2 Å². The number of benzene rings is 3. The Bertz CT molecular complexity index is 967. The highest BCUT2D eigenvalue weighted by molar-refractivity contribution is 5.91. The summed E-state index contributed by atoms with van der Waals surface area (Å²) in [4.78, 5) is 12.4. The van der Waals surface area contributed by atoms with E-state index in [1.165, 1.54) is 0 Å². The fourth-order valence-electron chi connectivity index (χ4n) is 2.86. The lowest BCUT2D eigenvalue weighted by Gasteiger charge is -2.22. The Kier molecular flexibility index (Phi) is 9.03. The molecule has 3 aromatic carbocycles. The highest BCUT2D eigenvalue weighted by atomic mass is 16.5. The molecular weight excluding hydrogens is 400 g/mol. The summed E-state index contributed by atoms with van der Waals surface area (Å²) in [5.74, 6) is 1.15. The van der Waals surface area contributed by atoms with Crippen LogP contribution in [0.3, 0.4) is 0 Å². The van der Waals surface area contributed by atoms with Gasteiger partial charge in [-0.15, -0.1) is 0 Å². The minimum absolute atomic E-state index is 0.228. The van der Waals surface area contributed by atoms with Crippen molar-refractivity contribution in [3.63, 3.8) is 0 Å². The fourth-order valence-corrected chi connectivity index (χ4v) is 2.86. The minimum atomic E-state index is -0.394. The second kappa shape index (κ2) is 11.5. The van der Waals surface area contributed by atoms with Crippen LogP contribution < -0.4 is 4.74 Å². The van der Waals surface area contributed by atoms with Gasteiger partial charge in [-0.2, -0.15) is 0 Å². The number of aromatic hydroxyl groups is 1. The topological polar surface area (TPSA) is 55.8 Å². The summed E-state index contributed by atoms with van der Waals surface area (Å²) in [6.45, 7) is 10.5. The van der Waals surface area contributed by atoms with Crippen LogP contribution in [0.25, 0.3) is 11.1 Å². The molecule has 170 valence electrons. The van der Waals surface area contributed by atoms with E-state index in [2.05, 4.69) is 20.8 Å². The van der Waals surface area contributed by atoms with Crippen LogP contribution in [0.5, 0.6) is 11.5 Å². The number of carbonyl (C=O) groups is 1. The second-order valence-electron chi connectivity index (χ2n) is 9.03. The largest absolute Gasteiger partial charge is 0.508 e. The molecule has 0 atom stereocenters. The predicted octanol–water partition coefficient (Wildman–Crippen LogP) is 6.91. The molecule has 0 aliphatic heterocycles. The number of esters is 1. The number of methoxy groups -OCH3 is 1. The SMILES string of the molecule is CC(C)C.COC(C)(C)Cc1ccc(C(=O)Oc2ccc(-c3ccc(O)cc3)cc2)cc1. The molecule has 3 aromatic rings. The average Bonchev–Trinajstić information content (AvgIpc) is 2.75. The Morgan fingerprint density at radius 1 is 0.844 bits per heavy atom. The van der Waals surface area contributed by atoms with E-state index >= 15 is 0 Å². The molecule has 0 fully saturated rings. The summed E-state index contributed by atoms with van der Waals surface area (Å²) in [5, 5.41) is 9.38. The molecule has 0 saturated carbocycles. The van der Waals surface area contributed by atoms with E-state index in [0.29, 0.717) is 11.3 Å². The normalized spacial score (nSPS) is 11.0. The molecule has 0 bridgehead atoms. The number of hydrogen-bond acceptors (Lipinski definition) is 4. The molecule has 0 unspecified atom stereocenters. The summed E-state index contributed by atoms with van der Waals surface area (Å²) in [6, 6.07) is 21.6. The van der Waals surface area contributed by atoms with Crippen molar-refractivity contribution in [3.05, 3.63) is 83.9 Å².